The second kappa shape index (κ2) is 6.59. The van der Waals surface area contributed by atoms with Crippen LogP contribution in [0.15, 0.2) is 60.8 Å². The van der Waals surface area contributed by atoms with Crippen molar-refractivity contribution >= 4 is 23.1 Å². The number of pyridine rings is 1. The van der Waals surface area contributed by atoms with Crippen LogP contribution >= 0.6 is 0 Å². The summed E-state index contributed by atoms with van der Waals surface area (Å²) in [7, 11) is 0. The van der Waals surface area contributed by atoms with Gasteiger partial charge in [-0.2, -0.15) is 0 Å². The molecule has 2 bridgehead atoms. The van der Waals surface area contributed by atoms with Gasteiger partial charge in [0.05, 0.1) is 5.52 Å². The van der Waals surface area contributed by atoms with Crippen LogP contribution in [0.3, 0.4) is 0 Å². The number of aliphatic hydroxyl groups is 1. The molecule has 0 aliphatic carbocycles. The van der Waals surface area contributed by atoms with Crippen LogP contribution < -0.4 is 0 Å². The van der Waals surface area contributed by atoms with E-state index < -0.39 is 5.60 Å². The van der Waals surface area contributed by atoms with Crippen molar-refractivity contribution in [2.45, 2.75) is 18.4 Å². The summed E-state index contributed by atoms with van der Waals surface area (Å²) in [5.74, 6) is 0.396. The van der Waals surface area contributed by atoms with E-state index in [1.54, 1.807) is 0 Å². The molecular formula is C24H24N2O. The first kappa shape index (κ1) is 16.7. The molecule has 2 aromatic carbocycles. The minimum absolute atomic E-state index is 0.396. The predicted octanol–water partition coefficient (Wildman–Crippen LogP) is 4.32. The van der Waals surface area contributed by atoms with Gasteiger partial charge in [0.1, 0.15) is 5.60 Å². The Bertz CT molecular complexity index is 987. The Morgan fingerprint density at radius 3 is 2.44 bits per heavy atom. The van der Waals surface area contributed by atoms with Crippen molar-refractivity contribution in [3.05, 3.63) is 77.5 Å². The number of aromatic nitrogens is 1. The van der Waals surface area contributed by atoms with E-state index in [2.05, 4.69) is 58.4 Å². The Hall–Kier alpha value is -2.49. The summed E-state index contributed by atoms with van der Waals surface area (Å²) >= 11 is 0. The fourth-order valence-electron chi connectivity index (χ4n) is 4.62. The van der Waals surface area contributed by atoms with E-state index in [9.17, 15) is 5.11 Å². The highest BCUT2D eigenvalue weighted by Gasteiger charge is 2.46. The number of para-hydroxylation sites is 1. The summed E-state index contributed by atoms with van der Waals surface area (Å²) in [6.45, 7) is 3.04. The van der Waals surface area contributed by atoms with E-state index in [0.717, 1.165) is 60.1 Å². The summed E-state index contributed by atoms with van der Waals surface area (Å²) in [6.07, 6.45) is 8.32. The number of rotatable bonds is 3. The molecule has 3 fully saturated rings. The summed E-state index contributed by atoms with van der Waals surface area (Å²) in [4.78, 5) is 6.90. The number of nitrogens with zero attached hydrogens (tertiary/aromatic N) is 2. The van der Waals surface area contributed by atoms with E-state index in [1.807, 2.05) is 24.4 Å². The fourth-order valence-corrected chi connectivity index (χ4v) is 4.62. The lowest BCUT2D eigenvalue weighted by Crippen LogP contribution is -2.57. The van der Waals surface area contributed by atoms with Crippen LogP contribution in [0, 0.1) is 5.92 Å². The molecular weight excluding hydrogens is 332 g/mol. The third kappa shape index (κ3) is 3.07. The van der Waals surface area contributed by atoms with Gasteiger partial charge in [0.25, 0.3) is 0 Å². The van der Waals surface area contributed by atoms with Crippen LogP contribution in [0.25, 0.3) is 23.1 Å². The number of fused-ring (bicyclic) bond motifs is 4. The van der Waals surface area contributed by atoms with Gasteiger partial charge in [-0.05, 0) is 60.7 Å². The van der Waals surface area contributed by atoms with Crippen LogP contribution in [-0.4, -0.2) is 34.6 Å². The number of benzene rings is 2. The van der Waals surface area contributed by atoms with Crippen molar-refractivity contribution in [2.24, 2.45) is 5.92 Å². The third-order valence-electron chi connectivity index (χ3n) is 6.22. The lowest BCUT2D eigenvalue weighted by atomic mass is 9.71. The van der Waals surface area contributed by atoms with Crippen molar-refractivity contribution in [1.29, 1.82) is 0 Å². The maximum atomic E-state index is 11.3. The summed E-state index contributed by atoms with van der Waals surface area (Å²) in [5, 5.41) is 12.4. The zero-order valence-corrected chi connectivity index (χ0v) is 15.4. The van der Waals surface area contributed by atoms with Crippen LogP contribution in [0.2, 0.25) is 0 Å². The molecule has 1 aromatic heterocycles. The minimum Gasteiger partial charge on any atom is -0.384 e. The number of piperidine rings is 3. The predicted molar refractivity (Wildman–Crippen MR) is 110 cm³/mol. The first-order chi connectivity index (χ1) is 13.2. The van der Waals surface area contributed by atoms with E-state index in [0.29, 0.717) is 5.92 Å². The quantitative estimate of drug-likeness (QED) is 0.759. The van der Waals surface area contributed by atoms with Gasteiger partial charge < -0.3 is 10.0 Å². The van der Waals surface area contributed by atoms with Crippen molar-refractivity contribution in [3.63, 3.8) is 0 Å². The minimum atomic E-state index is -0.680. The van der Waals surface area contributed by atoms with Gasteiger partial charge in [0.2, 0.25) is 0 Å². The highest BCUT2D eigenvalue weighted by atomic mass is 16.3. The maximum Gasteiger partial charge on any atom is 0.105 e. The lowest BCUT2D eigenvalue weighted by molar-refractivity contribution is -0.117. The SMILES string of the molecule is OC1(c2ccc(/C=C/c3cnc4ccccc4c3)cc2)CN2CCC1CC2. The average Bonchev–Trinajstić information content (AvgIpc) is 2.73. The first-order valence-electron chi connectivity index (χ1n) is 9.79. The molecule has 4 heterocycles. The van der Waals surface area contributed by atoms with Crippen molar-refractivity contribution in [2.75, 3.05) is 19.6 Å². The molecule has 1 unspecified atom stereocenters. The molecule has 3 saturated heterocycles. The van der Waals surface area contributed by atoms with E-state index in [-0.39, 0.29) is 0 Å². The van der Waals surface area contributed by atoms with Gasteiger partial charge in [0.15, 0.2) is 0 Å². The zero-order chi connectivity index (χ0) is 18.3. The fraction of sp³-hybridized carbons (Fsp3) is 0.292. The average molecular weight is 356 g/mol. The summed E-state index contributed by atoms with van der Waals surface area (Å²) < 4.78 is 0. The molecule has 0 saturated carbocycles. The van der Waals surface area contributed by atoms with Crippen molar-refractivity contribution < 1.29 is 5.11 Å². The second-order valence-corrected chi connectivity index (χ2v) is 7.89. The third-order valence-corrected chi connectivity index (χ3v) is 6.22. The van der Waals surface area contributed by atoms with Gasteiger partial charge in [-0.3, -0.25) is 4.98 Å². The molecule has 1 atom stereocenters. The highest BCUT2D eigenvalue weighted by Crippen LogP contribution is 2.42. The van der Waals surface area contributed by atoms with Gasteiger partial charge >= 0.3 is 0 Å². The summed E-state index contributed by atoms with van der Waals surface area (Å²) in [6, 6.07) is 18.7. The van der Waals surface area contributed by atoms with Gasteiger partial charge in [-0.25, -0.2) is 0 Å². The Balaban J connectivity index is 1.36. The lowest BCUT2D eigenvalue weighted by Gasteiger charge is -2.50. The van der Waals surface area contributed by atoms with E-state index in [4.69, 9.17) is 0 Å². The molecule has 3 aliphatic heterocycles. The Kier molecular flexibility index (Phi) is 4.07. The standard InChI is InChI=1S/C24H24N2O/c27-24(17-26-13-11-22(24)12-14-26)21-9-7-18(8-10-21)5-6-19-15-20-3-1-2-4-23(20)25-16-19/h1-10,15-16,22,27H,11-14,17H2/b6-5+. The molecule has 1 N–H and O–H groups in total. The maximum absolute atomic E-state index is 11.3. The Morgan fingerprint density at radius 1 is 0.963 bits per heavy atom. The number of hydrogen-bond donors (Lipinski definition) is 1. The molecule has 0 amide bonds. The highest BCUT2D eigenvalue weighted by molar-refractivity contribution is 5.82. The van der Waals surface area contributed by atoms with Gasteiger partial charge in [-0.15, -0.1) is 0 Å². The second-order valence-electron chi connectivity index (χ2n) is 7.89. The van der Waals surface area contributed by atoms with Crippen LogP contribution in [0.5, 0.6) is 0 Å². The van der Waals surface area contributed by atoms with Crippen LogP contribution in [0.4, 0.5) is 0 Å². The normalized spacial score (nSPS) is 27.4. The van der Waals surface area contributed by atoms with E-state index in [1.165, 1.54) is 0 Å². The molecule has 3 aliphatic rings. The topological polar surface area (TPSA) is 36.4 Å². The molecule has 136 valence electrons. The molecule has 3 heteroatoms. The van der Waals surface area contributed by atoms with Crippen LogP contribution in [-0.2, 0) is 5.60 Å². The molecule has 3 nitrogen and oxygen atoms in total. The largest absolute Gasteiger partial charge is 0.384 e. The number of hydrogen-bond acceptors (Lipinski definition) is 3. The van der Waals surface area contributed by atoms with Gasteiger partial charge in [0, 0.05) is 18.1 Å². The Morgan fingerprint density at radius 2 is 1.70 bits per heavy atom. The molecule has 6 rings (SSSR count). The summed E-state index contributed by atoms with van der Waals surface area (Å²) in [5.41, 5.74) is 3.62. The van der Waals surface area contributed by atoms with Crippen molar-refractivity contribution in [1.82, 2.24) is 9.88 Å². The van der Waals surface area contributed by atoms with Crippen LogP contribution in [0.1, 0.15) is 29.5 Å². The molecule has 3 aromatic rings. The Labute approximate surface area is 160 Å². The molecule has 0 radical (unpaired) electrons. The molecule has 0 spiro atoms. The first-order valence-corrected chi connectivity index (χ1v) is 9.79. The smallest absolute Gasteiger partial charge is 0.105 e. The van der Waals surface area contributed by atoms with E-state index >= 15 is 0 Å². The van der Waals surface area contributed by atoms with Crippen molar-refractivity contribution in [3.8, 4) is 0 Å². The zero-order valence-electron chi connectivity index (χ0n) is 15.4. The molecule has 27 heavy (non-hydrogen) atoms. The van der Waals surface area contributed by atoms with Gasteiger partial charge in [-0.1, -0.05) is 54.6 Å². The monoisotopic (exact) mass is 356 g/mol.